The van der Waals surface area contributed by atoms with Gasteiger partial charge >= 0.3 is 0 Å². The van der Waals surface area contributed by atoms with Crippen molar-refractivity contribution in [1.82, 2.24) is 0 Å². The van der Waals surface area contributed by atoms with E-state index in [-0.39, 0.29) is 24.0 Å². The molecule has 0 aromatic heterocycles. The van der Waals surface area contributed by atoms with Gasteiger partial charge in [-0.2, -0.15) is 11.8 Å². The molecule has 3 N–H and O–H groups in total. The Kier molecular flexibility index (Phi) is 9.54. The number of nitrogens with zero attached hydrogens (tertiary/aromatic N) is 1. The zero-order chi connectivity index (χ0) is 15.6. The van der Waals surface area contributed by atoms with Crippen molar-refractivity contribution >= 4 is 47.4 Å². The van der Waals surface area contributed by atoms with Crippen molar-refractivity contribution in [2.45, 2.75) is 6.42 Å². The van der Waals surface area contributed by atoms with Gasteiger partial charge in [-0.3, -0.25) is 4.99 Å². The van der Waals surface area contributed by atoms with E-state index in [4.69, 9.17) is 10.5 Å². The third-order valence-electron chi connectivity index (χ3n) is 2.87. The van der Waals surface area contributed by atoms with Crippen molar-refractivity contribution in [3.63, 3.8) is 0 Å². The molecule has 2 rings (SSSR count). The molecule has 0 saturated heterocycles. The van der Waals surface area contributed by atoms with Gasteiger partial charge in [-0.25, -0.2) is 0 Å². The van der Waals surface area contributed by atoms with E-state index in [1.54, 1.807) is 0 Å². The fourth-order valence-corrected chi connectivity index (χ4v) is 2.28. The summed E-state index contributed by atoms with van der Waals surface area (Å²) in [7, 11) is 0. The molecule has 0 fully saturated rings. The maximum atomic E-state index is 5.88. The van der Waals surface area contributed by atoms with Crippen LogP contribution in [0.3, 0.4) is 0 Å². The molecule has 0 spiro atoms. The predicted octanol–water partition coefficient (Wildman–Crippen LogP) is 4.58. The van der Waals surface area contributed by atoms with E-state index < -0.39 is 0 Å². The monoisotopic (exact) mass is 443 g/mol. The fraction of sp³-hybridized carbons (Fsp3) is 0.235. The summed E-state index contributed by atoms with van der Waals surface area (Å²) in [4.78, 5) is 4.30. The summed E-state index contributed by atoms with van der Waals surface area (Å²) in [6.07, 6.45) is 3.12. The Balaban J connectivity index is 0.00000264. The summed E-state index contributed by atoms with van der Waals surface area (Å²) in [6, 6.07) is 17.3. The fourth-order valence-electron chi connectivity index (χ4n) is 1.86. The molecule has 0 heterocycles. The number of nitrogens with two attached hydrogens (primary N) is 1. The first-order valence-electron chi connectivity index (χ1n) is 7.17. The summed E-state index contributed by atoms with van der Waals surface area (Å²) < 4.78 is 5.79. The second kappa shape index (κ2) is 11.2. The second-order valence-corrected chi connectivity index (χ2v) is 5.67. The summed E-state index contributed by atoms with van der Waals surface area (Å²) >= 11 is 1.81. The third kappa shape index (κ3) is 7.60. The van der Waals surface area contributed by atoms with Crippen LogP contribution in [-0.4, -0.2) is 24.5 Å². The van der Waals surface area contributed by atoms with E-state index in [2.05, 4.69) is 16.6 Å². The van der Waals surface area contributed by atoms with Crippen molar-refractivity contribution in [2.24, 2.45) is 10.7 Å². The topological polar surface area (TPSA) is 59.6 Å². The first kappa shape index (κ1) is 19.6. The zero-order valence-electron chi connectivity index (χ0n) is 13.1. The molecule has 0 saturated carbocycles. The Morgan fingerprint density at radius 3 is 2.61 bits per heavy atom. The van der Waals surface area contributed by atoms with Gasteiger partial charge < -0.3 is 15.8 Å². The minimum atomic E-state index is 0. The number of hydrogen-bond acceptors (Lipinski definition) is 3. The number of benzene rings is 2. The maximum absolute atomic E-state index is 5.88. The summed E-state index contributed by atoms with van der Waals surface area (Å²) in [5.74, 6) is 3.08. The Morgan fingerprint density at radius 1 is 1.13 bits per heavy atom. The summed E-state index contributed by atoms with van der Waals surface area (Å²) in [6.45, 7) is 0.736. The van der Waals surface area contributed by atoms with E-state index >= 15 is 0 Å². The number of thioether (sulfide) groups is 1. The standard InChI is InChI=1S/C17H21N3OS.HI/c1-22-12-6-11-19-17(18)20-14-7-5-10-16(13-14)21-15-8-3-2-4-9-15;/h2-5,7-10,13H,6,11-12H2,1H3,(H3,18,19,20);1H. The number of anilines is 1. The highest BCUT2D eigenvalue weighted by Gasteiger charge is 2.00. The number of para-hydroxylation sites is 1. The Hall–Kier alpha value is -1.41. The second-order valence-electron chi connectivity index (χ2n) is 4.68. The van der Waals surface area contributed by atoms with Gasteiger partial charge in [-0.15, -0.1) is 24.0 Å². The highest BCUT2D eigenvalue weighted by atomic mass is 127. The molecule has 2 aromatic carbocycles. The van der Waals surface area contributed by atoms with Crippen LogP contribution in [-0.2, 0) is 0 Å². The Morgan fingerprint density at radius 2 is 1.87 bits per heavy atom. The molecule has 124 valence electrons. The Labute approximate surface area is 158 Å². The first-order chi connectivity index (χ1) is 10.8. The first-order valence-corrected chi connectivity index (χ1v) is 8.56. The lowest BCUT2D eigenvalue weighted by molar-refractivity contribution is 0.483. The Bertz CT molecular complexity index is 608. The van der Waals surface area contributed by atoms with Crippen LogP contribution in [0.1, 0.15) is 6.42 Å². The van der Waals surface area contributed by atoms with E-state index in [0.717, 1.165) is 35.9 Å². The minimum absolute atomic E-state index is 0. The molecule has 0 aliphatic rings. The number of halogens is 1. The normalized spacial score (nSPS) is 10.7. The van der Waals surface area contributed by atoms with E-state index in [1.165, 1.54) is 0 Å². The lowest BCUT2D eigenvalue weighted by Crippen LogP contribution is -2.22. The van der Waals surface area contributed by atoms with Crippen LogP contribution in [0.4, 0.5) is 5.69 Å². The van der Waals surface area contributed by atoms with Crippen LogP contribution < -0.4 is 15.8 Å². The molecule has 6 heteroatoms. The zero-order valence-corrected chi connectivity index (χ0v) is 16.2. The molecule has 4 nitrogen and oxygen atoms in total. The van der Waals surface area contributed by atoms with Crippen molar-refractivity contribution in [3.05, 3.63) is 54.6 Å². The van der Waals surface area contributed by atoms with Crippen molar-refractivity contribution in [2.75, 3.05) is 23.9 Å². The molecule has 0 radical (unpaired) electrons. The number of nitrogens with one attached hydrogen (secondary N) is 1. The van der Waals surface area contributed by atoms with Gasteiger partial charge in [0.1, 0.15) is 11.5 Å². The quantitative estimate of drug-likeness (QED) is 0.285. The van der Waals surface area contributed by atoms with Gasteiger partial charge in [0.05, 0.1) is 0 Å². The van der Waals surface area contributed by atoms with Gasteiger partial charge in [0.15, 0.2) is 5.96 Å². The number of aliphatic imine (C=N–C) groups is 1. The molecule has 2 aromatic rings. The van der Waals surface area contributed by atoms with E-state index in [9.17, 15) is 0 Å². The largest absolute Gasteiger partial charge is 0.457 e. The number of rotatable bonds is 7. The molecule has 0 aliphatic carbocycles. The van der Waals surface area contributed by atoms with Crippen LogP contribution in [0.5, 0.6) is 11.5 Å². The van der Waals surface area contributed by atoms with Crippen LogP contribution in [0.2, 0.25) is 0 Å². The lowest BCUT2D eigenvalue weighted by atomic mass is 10.3. The molecule has 0 atom stereocenters. The molecule has 0 amide bonds. The third-order valence-corrected chi connectivity index (χ3v) is 3.57. The molecule has 0 bridgehead atoms. The average Bonchev–Trinajstić information content (AvgIpc) is 2.53. The number of guanidine groups is 1. The van der Waals surface area contributed by atoms with Crippen molar-refractivity contribution in [1.29, 1.82) is 0 Å². The molecule has 23 heavy (non-hydrogen) atoms. The van der Waals surface area contributed by atoms with Gasteiger partial charge in [-0.05, 0) is 42.7 Å². The van der Waals surface area contributed by atoms with Crippen LogP contribution in [0.15, 0.2) is 59.6 Å². The molecule has 0 aliphatic heterocycles. The number of hydrogen-bond donors (Lipinski definition) is 2. The van der Waals surface area contributed by atoms with Crippen molar-refractivity contribution in [3.8, 4) is 11.5 Å². The highest BCUT2D eigenvalue weighted by molar-refractivity contribution is 14.0. The van der Waals surface area contributed by atoms with E-state index in [1.807, 2.05) is 66.4 Å². The van der Waals surface area contributed by atoms with E-state index in [0.29, 0.717) is 5.96 Å². The van der Waals surface area contributed by atoms with Gasteiger partial charge in [0.25, 0.3) is 0 Å². The van der Waals surface area contributed by atoms with Crippen LogP contribution >= 0.6 is 35.7 Å². The van der Waals surface area contributed by atoms with Gasteiger partial charge in [-0.1, -0.05) is 24.3 Å². The van der Waals surface area contributed by atoms with Crippen LogP contribution in [0.25, 0.3) is 0 Å². The summed E-state index contributed by atoms with van der Waals surface area (Å²) in [5, 5.41) is 3.09. The maximum Gasteiger partial charge on any atom is 0.193 e. The summed E-state index contributed by atoms with van der Waals surface area (Å²) in [5.41, 5.74) is 6.74. The average molecular weight is 443 g/mol. The van der Waals surface area contributed by atoms with Gasteiger partial charge in [0, 0.05) is 18.3 Å². The number of ether oxygens (including phenoxy) is 1. The van der Waals surface area contributed by atoms with Gasteiger partial charge in [0.2, 0.25) is 0 Å². The predicted molar refractivity (Wildman–Crippen MR) is 111 cm³/mol. The lowest BCUT2D eigenvalue weighted by Gasteiger charge is -2.09. The SMILES string of the molecule is CSCCCN=C(N)Nc1cccc(Oc2ccccc2)c1.I. The van der Waals surface area contributed by atoms with Crippen molar-refractivity contribution < 1.29 is 4.74 Å². The highest BCUT2D eigenvalue weighted by Crippen LogP contribution is 2.23. The van der Waals surface area contributed by atoms with Crippen LogP contribution in [0, 0.1) is 0 Å². The molecular weight excluding hydrogens is 421 g/mol. The smallest absolute Gasteiger partial charge is 0.193 e. The minimum Gasteiger partial charge on any atom is -0.457 e. The molecule has 0 unspecified atom stereocenters. The molecular formula is C17H22IN3OS.